The summed E-state index contributed by atoms with van der Waals surface area (Å²) < 4.78 is 13.4. The summed E-state index contributed by atoms with van der Waals surface area (Å²) >= 11 is 6.36. The lowest BCUT2D eigenvalue weighted by Crippen LogP contribution is -2.39. The van der Waals surface area contributed by atoms with Crippen LogP contribution < -0.4 is 25.1 Å². The predicted molar refractivity (Wildman–Crippen MR) is 142 cm³/mol. The number of likely N-dealkylation sites (tertiary alicyclic amines) is 1. The van der Waals surface area contributed by atoms with E-state index in [1.807, 2.05) is 18.2 Å². The van der Waals surface area contributed by atoms with Crippen molar-refractivity contribution in [3.05, 3.63) is 98.7 Å². The Hall–Kier alpha value is -3.75. The van der Waals surface area contributed by atoms with Gasteiger partial charge in [0.15, 0.2) is 23.9 Å². The number of rotatable bonds is 6. The number of halogens is 1. The zero-order valence-electron chi connectivity index (χ0n) is 20.2. The van der Waals surface area contributed by atoms with Gasteiger partial charge in [0, 0.05) is 60.0 Å². The Morgan fingerprint density at radius 1 is 0.946 bits per heavy atom. The zero-order chi connectivity index (χ0) is 25.4. The topological polar surface area (TPSA) is 82.7 Å². The minimum Gasteiger partial charge on any atom is -0.619 e. The number of fused-ring (bicyclic) bond motifs is 2. The van der Waals surface area contributed by atoms with Crippen LogP contribution in [0.5, 0.6) is 11.5 Å². The molecule has 0 amide bonds. The Balaban J connectivity index is 1.17. The number of nitrogens with one attached hydrogen (secondary N) is 1. The molecule has 0 aliphatic carbocycles. The third-order valence-corrected chi connectivity index (χ3v) is 7.31. The number of anilines is 1. The summed E-state index contributed by atoms with van der Waals surface area (Å²) in [7, 11) is 0. The maximum Gasteiger partial charge on any atom is 0.253 e. The molecule has 4 heterocycles. The number of aromatic nitrogens is 2. The van der Waals surface area contributed by atoms with Crippen LogP contribution in [-0.4, -0.2) is 35.4 Å². The van der Waals surface area contributed by atoms with E-state index in [0.717, 1.165) is 70.9 Å². The van der Waals surface area contributed by atoms with Crippen LogP contribution in [0, 0.1) is 5.21 Å². The number of hydrogen-bond donors (Lipinski definition) is 1. The maximum atomic E-state index is 13.2. The minimum absolute atomic E-state index is 0.101. The van der Waals surface area contributed by atoms with E-state index in [9.17, 15) is 10.0 Å². The molecule has 37 heavy (non-hydrogen) atoms. The van der Waals surface area contributed by atoms with Crippen molar-refractivity contribution >= 4 is 28.2 Å². The molecule has 1 N–H and O–H groups in total. The van der Waals surface area contributed by atoms with Crippen molar-refractivity contribution in [1.82, 2.24) is 9.47 Å². The summed E-state index contributed by atoms with van der Waals surface area (Å²) in [5.74, 6) is 1.62. The van der Waals surface area contributed by atoms with Crippen LogP contribution in [-0.2, 0) is 13.1 Å². The minimum atomic E-state index is -0.101. The number of nitrogens with zero attached hydrogens (tertiary/aromatic N) is 3. The first-order valence-electron chi connectivity index (χ1n) is 12.4. The second-order valence-corrected chi connectivity index (χ2v) is 10.0. The Morgan fingerprint density at radius 3 is 2.54 bits per heavy atom. The van der Waals surface area contributed by atoms with E-state index < -0.39 is 0 Å². The third kappa shape index (κ3) is 5.08. The molecule has 2 aliphatic rings. The van der Waals surface area contributed by atoms with Gasteiger partial charge in [0.05, 0.1) is 12.1 Å². The standard InChI is InChI=1S/C28H27ClN4O4/c29-21-2-3-25-23(14-21)24(15-28(34)33(25)17-19-5-11-32(35)12-6-19)30-22-7-9-31(10-8-22)16-20-1-4-26-27(13-20)37-18-36-26/h1-6,11-15,22,30H,7-10,16-18H2. The van der Waals surface area contributed by atoms with Crippen LogP contribution in [0.4, 0.5) is 5.69 Å². The largest absolute Gasteiger partial charge is 0.619 e. The fraction of sp³-hybridized carbons (Fsp3) is 0.286. The molecule has 0 unspecified atom stereocenters. The number of hydrogen-bond acceptors (Lipinski definition) is 6. The molecule has 190 valence electrons. The van der Waals surface area contributed by atoms with E-state index in [4.69, 9.17) is 21.1 Å². The van der Waals surface area contributed by atoms with Crippen molar-refractivity contribution in [1.29, 1.82) is 0 Å². The highest BCUT2D eigenvalue weighted by Crippen LogP contribution is 2.33. The molecule has 0 atom stereocenters. The van der Waals surface area contributed by atoms with Gasteiger partial charge in [-0.1, -0.05) is 17.7 Å². The quantitative estimate of drug-likeness (QED) is 0.305. The number of benzene rings is 2. The Kier molecular flexibility index (Phi) is 6.36. The van der Waals surface area contributed by atoms with Gasteiger partial charge in [-0.2, -0.15) is 4.73 Å². The predicted octanol–water partition coefficient (Wildman–Crippen LogP) is 4.14. The summed E-state index contributed by atoms with van der Waals surface area (Å²) in [6.45, 7) is 3.43. The number of ether oxygens (including phenoxy) is 2. The molecule has 1 fully saturated rings. The molecule has 2 aromatic carbocycles. The second kappa shape index (κ2) is 9.95. The lowest BCUT2D eigenvalue weighted by Gasteiger charge is -2.33. The molecule has 2 aromatic heterocycles. The fourth-order valence-electron chi connectivity index (χ4n) is 5.12. The molecule has 0 bridgehead atoms. The van der Waals surface area contributed by atoms with Gasteiger partial charge in [-0.3, -0.25) is 9.69 Å². The van der Waals surface area contributed by atoms with E-state index in [0.29, 0.717) is 11.6 Å². The van der Waals surface area contributed by atoms with E-state index >= 15 is 0 Å². The highest BCUT2D eigenvalue weighted by molar-refractivity contribution is 6.31. The first-order chi connectivity index (χ1) is 18.0. The van der Waals surface area contributed by atoms with Crippen LogP contribution >= 0.6 is 11.6 Å². The summed E-state index contributed by atoms with van der Waals surface area (Å²) in [4.78, 5) is 15.6. The molecule has 1 saturated heterocycles. The van der Waals surface area contributed by atoms with Crippen LogP contribution in [0.15, 0.2) is 71.8 Å². The smallest absolute Gasteiger partial charge is 0.253 e. The van der Waals surface area contributed by atoms with Crippen molar-refractivity contribution in [2.45, 2.75) is 32.0 Å². The Morgan fingerprint density at radius 2 is 1.73 bits per heavy atom. The monoisotopic (exact) mass is 518 g/mol. The van der Waals surface area contributed by atoms with Gasteiger partial charge in [-0.25, -0.2) is 0 Å². The van der Waals surface area contributed by atoms with Gasteiger partial charge in [-0.15, -0.1) is 0 Å². The van der Waals surface area contributed by atoms with Gasteiger partial charge in [0.1, 0.15) is 0 Å². The van der Waals surface area contributed by atoms with E-state index in [-0.39, 0.29) is 18.4 Å². The van der Waals surface area contributed by atoms with Crippen LogP contribution in [0.3, 0.4) is 0 Å². The molecular formula is C28H27ClN4O4. The molecule has 4 aromatic rings. The molecule has 0 saturated carbocycles. The highest BCUT2D eigenvalue weighted by atomic mass is 35.5. The summed E-state index contributed by atoms with van der Waals surface area (Å²) in [5, 5.41) is 16.5. The van der Waals surface area contributed by atoms with Crippen molar-refractivity contribution in [2.24, 2.45) is 0 Å². The van der Waals surface area contributed by atoms with Gasteiger partial charge >= 0.3 is 0 Å². The lowest BCUT2D eigenvalue weighted by atomic mass is 10.0. The van der Waals surface area contributed by atoms with Crippen molar-refractivity contribution in [3.63, 3.8) is 0 Å². The van der Waals surface area contributed by atoms with E-state index in [1.165, 1.54) is 18.0 Å². The lowest BCUT2D eigenvalue weighted by molar-refractivity contribution is -0.605. The number of pyridine rings is 2. The second-order valence-electron chi connectivity index (χ2n) is 9.59. The number of piperidine rings is 1. The van der Waals surface area contributed by atoms with Gasteiger partial charge < -0.3 is 24.6 Å². The molecule has 9 heteroatoms. The zero-order valence-corrected chi connectivity index (χ0v) is 21.0. The molecular weight excluding hydrogens is 492 g/mol. The van der Waals surface area contributed by atoms with Gasteiger partial charge in [-0.05, 0) is 54.3 Å². The normalized spacial score (nSPS) is 15.8. The third-order valence-electron chi connectivity index (χ3n) is 7.08. The molecule has 6 rings (SSSR count). The SMILES string of the molecule is O=c1cc(NC2CCN(Cc3ccc4c(c3)OCO4)CC2)c2cc(Cl)ccc2n1Cc1cc[n+]([O-])cc1. The molecule has 0 spiro atoms. The Labute approximate surface area is 219 Å². The van der Waals surface area contributed by atoms with Crippen molar-refractivity contribution in [2.75, 3.05) is 25.2 Å². The molecule has 0 radical (unpaired) electrons. The van der Waals surface area contributed by atoms with Crippen LogP contribution in [0.2, 0.25) is 5.02 Å². The molecule has 8 nitrogen and oxygen atoms in total. The van der Waals surface area contributed by atoms with Gasteiger partial charge in [0.2, 0.25) is 6.79 Å². The average molecular weight is 519 g/mol. The highest BCUT2D eigenvalue weighted by Gasteiger charge is 2.22. The maximum absolute atomic E-state index is 13.2. The molecule has 2 aliphatic heterocycles. The van der Waals surface area contributed by atoms with Crippen molar-refractivity contribution < 1.29 is 14.2 Å². The summed E-state index contributed by atoms with van der Waals surface area (Å²) in [5.41, 5.74) is 3.60. The van der Waals surface area contributed by atoms with Crippen molar-refractivity contribution in [3.8, 4) is 11.5 Å². The summed E-state index contributed by atoms with van der Waals surface area (Å²) in [6, 6.07) is 17.1. The van der Waals surface area contributed by atoms with Crippen LogP contribution in [0.25, 0.3) is 10.9 Å². The van der Waals surface area contributed by atoms with E-state index in [2.05, 4.69) is 22.3 Å². The Bertz CT molecular complexity index is 1500. The fourth-order valence-corrected chi connectivity index (χ4v) is 5.30. The average Bonchev–Trinajstić information content (AvgIpc) is 3.37. The van der Waals surface area contributed by atoms with E-state index in [1.54, 1.807) is 28.8 Å². The summed E-state index contributed by atoms with van der Waals surface area (Å²) in [6.07, 6.45) is 4.81. The first kappa shape index (κ1) is 23.6. The van der Waals surface area contributed by atoms with Crippen LogP contribution in [0.1, 0.15) is 24.0 Å². The first-order valence-corrected chi connectivity index (χ1v) is 12.8. The van der Waals surface area contributed by atoms with Gasteiger partial charge in [0.25, 0.3) is 5.56 Å².